The van der Waals surface area contributed by atoms with Crippen molar-refractivity contribution in [2.24, 2.45) is 7.05 Å². The van der Waals surface area contributed by atoms with Crippen molar-refractivity contribution in [3.63, 3.8) is 0 Å². The summed E-state index contributed by atoms with van der Waals surface area (Å²) in [6.45, 7) is 0.777. The molecule has 19 heavy (non-hydrogen) atoms. The largest absolute Gasteiger partial charge is 0.403 e. The van der Waals surface area contributed by atoms with Crippen LogP contribution in [0.3, 0.4) is 0 Å². The third-order valence-electron chi connectivity index (χ3n) is 2.80. The zero-order chi connectivity index (χ0) is 13.2. The van der Waals surface area contributed by atoms with Crippen molar-refractivity contribution in [1.82, 2.24) is 25.1 Å². The fourth-order valence-corrected chi connectivity index (χ4v) is 1.87. The van der Waals surface area contributed by atoms with Crippen molar-refractivity contribution in [3.05, 3.63) is 29.2 Å². The van der Waals surface area contributed by atoms with E-state index in [1.807, 2.05) is 6.07 Å². The topological polar surface area (TPSA) is 64.9 Å². The van der Waals surface area contributed by atoms with E-state index in [1.165, 1.54) is 12.8 Å². The van der Waals surface area contributed by atoms with E-state index in [1.54, 1.807) is 24.3 Å². The van der Waals surface area contributed by atoms with Crippen LogP contribution in [-0.2, 0) is 13.6 Å². The van der Waals surface area contributed by atoms with Crippen LogP contribution in [0.2, 0.25) is 5.02 Å². The second-order valence-corrected chi connectivity index (χ2v) is 5.00. The molecule has 1 fully saturated rings. The highest BCUT2D eigenvalue weighted by atomic mass is 35.5. The summed E-state index contributed by atoms with van der Waals surface area (Å²) in [5.41, 5.74) is 1.04. The first kappa shape index (κ1) is 12.4. The van der Waals surface area contributed by atoms with Crippen LogP contribution >= 0.6 is 11.6 Å². The van der Waals surface area contributed by atoms with E-state index < -0.39 is 0 Å². The van der Waals surface area contributed by atoms with E-state index in [0.717, 1.165) is 12.1 Å². The molecule has 0 aromatic carbocycles. The smallest absolute Gasteiger partial charge is 0.342 e. The normalized spacial score (nSPS) is 14.6. The Bertz CT molecular complexity index is 581. The minimum absolute atomic E-state index is 0.237. The van der Waals surface area contributed by atoms with Gasteiger partial charge in [-0.05, 0) is 24.5 Å². The molecule has 7 heteroatoms. The van der Waals surface area contributed by atoms with Gasteiger partial charge in [-0.3, -0.25) is 4.68 Å². The number of halogens is 1. The molecule has 0 saturated heterocycles. The van der Waals surface area contributed by atoms with Crippen molar-refractivity contribution in [2.45, 2.75) is 25.4 Å². The van der Waals surface area contributed by atoms with Crippen LogP contribution in [0.15, 0.2) is 18.6 Å². The Morgan fingerprint density at radius 2 is 2.32 bits per heavy atom. The van der Waals surface area contributed by atoms with Gasteiger partial charge in [0.25, 0.3) is 0 Å². The second-order valence-electron chi connectivity index (χ2n) is 4.59. The minimum atomic E-state index is 0.237. The van der Waals surface area contributed by atoms with E-state index in [9.17, 15) is 0 Å². The average Bonchev–Trinajstić information content (AvgIpc) is 3.13. The number of aromatic nitrogens is 4. The summed E-state index contributed by atoms with van der Waals surface area (Å²) >= 11 is 6.14. The van der Waals surface area contributed by atoms with Crippen LogP contribution < -0.4 is 10.1 Å². The zero-order valence-electron chi connectivity index (χ0n) is 10.5. The molecule has 0 aliphatic heterocycles. The number of nitrogens with zero attached hydrogens (tertiary/aromatic N) is 4. The molecule has 0 spiro atoms. The summed E-state index contributed by atoms with van der Waals surface area (Å²) in [6, 6.07) is 2.75. The number of ether oxygens (including phenoxy) is 1. The van der Waals surface area contributed by atoms with Gasteiger partial charge in [0.1, 0.15) is 11.3 Å². The number of pyridine rings is 1. The van der Waals surface area contributed by atoms with Gasteiger partial charge < -0.3 is 10.1 Å². The zero-order valence-corrected chi connectivity index (χ0v) is 11.3. The molecule has 100 valence electrons. The lowest BCUT2D eigenvalue weighted by Gasteiger charge is -2.06. The Labute approximate surface area is 115 Å². The van der Waals surface area contributed by atoms with Crippen molar-refractivity contribution >= 4 is 11.6 Å². The third-order valence-corrected chi connectivity index (χ3v) is 3.07. The molecule has 0 bridgehead atoms. The molecule has 2 aromatic rings. The highest BCUT2D eigenvalue weighted by Crippen LogP contribution is 2.26. The van der Waals surface area contributed by atoms with Gasteiger partial charge in [0, 0.05) is 25.8 Å². The van der Waals surface area contributed by atoms with Crippen LogP contribution in [0, 0.1) is 0 Å². The Hall–Kier alpha value is -1.66. The molecular weight excluding hydrogens is 266 g/mol. The molecule has 0 unspecified atom stereocenters. The SMILES string of the molecule is Cn1cnc(Oc2ncc(CNC3CC3)cc2Cl)n1. The van der Waals surface area contributed by atoms with Crippen molar-refractivity contribution in [2.75, 3.05) is 0 Å². The number of nitrogens with one attached hydrogen (secondary N) is 1. The van der Waals surface area contributed by atoms with Gasteiger partial charge in [-0.25, -0.2) is 4.98 Å². The van der Waals surface area contributed by atoms with Crippen LogP contribution in [0.1, 0.15) is 18.4 Å². The highest BCUT2D eigenvalue weighted by Gasteiger charge is 2.20. The van der Waals surface area contributed by atoms with Gasteiger partial charge in [0.15, 0.2) is 0 Å². The van der Waals surface area contributed by atoms with Gasteiger partial charge in [0.05, 0.1) is 0 Å². The molecule has 1 saturated carbocycles. The van der Waals surface area contributed by atoms with Gasteiger partial charge in [-0.1, -0.05) is 11.6 Å². The number of rotatable bonds is 5. The highest BCUT2D eigenvalue weighted by molar-refractivity contribution is 6.31. The molecular formula is C12H14ClN5O. The van der Waals surface area contributed by atoms with Crippen LogP contribution in [0.4, 0.5) is 0 Å². The van der Waals surface area contributed by atoms with Gasteiger partial charge in [-0.2, -0.15) is 4.98 Å². The second kappa shape index (κ2) is 5.14. The summed E-state index contributed by atoms with van der Waals surface area (Å²) < 4.78 is 6.97. The molecule has 1 aliphatic rings. The summed E-state index contributed by atoms with van der Waals surface area (Å²) in [5, 5.41) is 7.88. The average molecular weight is 280 g/mol. The Morgan fingerprint density at radius 1 is 1.47 bits per heavy atom. The lowest BCUT2D eigenvalue weighted by Crippen LogP contribution is -2.15. The Morgan fingerprint density at radius 3 is 2.95 bits per heavy atom. The van der Waals surface area contributed by atoms with Crippen LogP contribution in [0.25, 0.3) is 0 Å². The number of aryl methyl sites for hydroxylation is 1. The number of hydrogen-bond donors (Lipinski definition) is 1. The predicted molar refractivity (Wildman–Crippen MR) is 70.2 cm³/mol. The summed E-state index contributed by atoms with van der Waals surface area (Å²) in [7, 11) is 1.77. The van der Waals surface area contributed by atoms with Crippen molar-refractivity contribution in [3.8, 4) is 11.9 Å². The van der Waals surface area contributed by atoms with Gasteiger partial charge >= 0.3 is 6.01 Å². The van der Waals surface area contributed by atoms with E-state index >= 15 is 0 Å². The Balaban J connectivity index is 1.67. The first-order chi connectivity index (χ1) is 9.20. The minimum Gasteiger partial charge on any atom is -0.403 e. The molecule has 1 aliphatic carbocycles. The Kier molecular flexibility index (Phi) is 3.35. The lowest BCUT2D eigenvalue weighted by molar-refractivity contribution is 0.422. The third kappa shape index (κ3) is 3.21. The fraction of sp³-hybridized carbons (Fsp3) is 0.417. The maximum absolute atomic E-state index is 6.14. The molecule has 2 heterocycles. The van der Waals surface area contributed by atoms with E-state index in [-0.39, 0.29) is 6.01 Å². The molecule has 6 nitrogen and oxygen atoms in total. The van der Waals surface area contributed by atoms with Gasteiger partial charge in [0.2, 0.25) is 5.88 Å². The predicted octanol–water partition coefficient (Wildman–Crippen LogP) is 1.91. The summed E-state index contributed by atoms with van der Waals surface area (Å²) in [6.07, 6.45) is 5.82. The van der Waals surface area contributed by atoms with Gasteiger partial charge in [-0.15, -0.1) is 5.10 Å². The van der Waals surface area contributed by atoms with Crippen LogP contribution in [-0.4, -0.2) is 25.8 Å². The lowest BCUT2D eigenvalue weighted by atomic mass is 10.3. The quantitative estimate of drug-likeness (QED) is 0.906. The number of hydrogen-bond acceptors (Lipinski definition) is 5. The maximum atomic E-state index is 6.14. The van der Waals surface area contributed by atoms with Crippen LogP contribution in [0.5, 0.6) is 11.9 Å². The first-order valence-corrected chi connectivity index (χ1v) is 6.50. The standard InChI is InChI=1S/C12H14ClN5O/c1-18-7-16-12(17-18)19-11-10(13)4-8(6-15-11)5-14-9-2-3-9/h4,6-7,9,14H,2-3,5H2,1H3. The monoisotopic (exact) mass is 279 g/mol. The van der Waals surface area contributed by atoms with E-state index in [4.69, 9.17) is 16.3 Å². The maximum Gasteiger partial charge on any atom is 0.342 e. The van der Waals surface area contributed by atoms with Crippen molar-refractivity contribution in [1.29, 1.82) is 0 Å². The van der Waals surface area contributed by atoms with E-state index in [0.29, 0.717) is 16.9 Å². The fourth-order valence-electron chi connectivity index (χ4n) is 1.64. The molecule has 0 amide bonds. The molecule has 0 atom stereocenters. The molecule has 1 N–H and O–H groups in total. The molecule has 0 radical (unpaired) electrons. The molecule has 3 rings (SSSR count). The molecule has 2 aromatic heterocycles. The van der Waals surface area contributed by atoms with E-state index in [2.05, 4.69) is 20.4 Å². The summed E-state index contributed by atoms with van der Waals surface area (Å²) in [5.74, 6) is 0.322. The first-order valence-electron chi connectivity index (χ1n) is 6.12. The summed E-state index contributed by atoms with van der Waals surface area (Å²) in [4.78, 5) is 8.16. The van der Waals surface area contributed by atoms with Crippen molar-refractivity contribution < 1.29 is 4.74 Å².